The lowest BCUT2D eigenvalue weighted by molar-refractivity contribution is -0.123. The lowest BCUT2D eigenvalue weighted by Crippen LogP contribution is -2.35. The molecule has 1 atom stereocenters. The van der Waals surface area contributed by atoms with Crippen LogP contribution in [0.15, 0.2) is 22.9 Å². The van der Waals surface area contributed by atoms with E-state index in [4.69, 9.17) is 4.42 Å². The van der Waals surface area contributed by atoms with Gasteiger partial charge < -0.3 is 19.8 Å². The van der Waals surface area contributed by atoms with Crippen LogP contribution in [0.2, 0.25) is 0 Å². The predicted octanol–water partition coefficient (Wildman–Crippen LogP) is 0.685. The molecule has 0 aromatic carbocycles. The number of hydrogen-bond donors (Lipinski definition) is 2. The maximum Gasteiger partial charge on any atom is 0.341 e. The van der Waals surface area contributed by atoms with E-state index in [0.29, 0.717) is 17.1 Å². The molecular formula is C15H20N4O4. The Kier molecular flexibility index (Phi) is 5.17. The fourth-order valence-electron chi connectivity index (χ4n) is 2.26. The molecule has 2 heterocycles. The van der Waals surface area contributed by atoms with Gasteiger partial charge in [0, 0.05) is 18.8 Å². The summed E-state index contributed by atoms with van der Waals surface area (Å²) in [5, 5.41) is 9.77. The number of nitrogens with zero attached hydrogens (tertiary/aromatic N) is 2. The third-order valence-corrected chi connectivity index (χ3v) is 3.42. The summed E-state index contributed by atoms with van der Waals surface area (Å²) >= 11 is 0. The Morgan fingerprint density at radius 1 is 1.48 bits per heavy atom. The third-order valence-electron chi connectivity index (χ3n) is 3.42. The number of nitrogens with one attached hydrogen (secondary N) is 2. The second-order valence-corrected chi connectivity index (χ2v) is 5.06. The van der Waals surface area contributed by atoms with Gasteiger partial charge in [-0.15, -0.1) is 0 Å². The number of furan rings is 1. The molecule has 0 aliphatic rings. The van der Waals surface area contributed by atoms with Crippen LogP contribution in [0.4, 0.5) is 0 Å². The first-order valence-corrected chi connectivity index (χ1v) is 7.07. The van der Waals surface area contributed by atoms with Gasteiger partial charge in [0.1, 0.15) is 23.1 Å². The Hall–Kier alpha value is -2.61. The van der Waals surface area contributed by atoms with Gasteiger partial charge in [-0.3, -0.25) is 9.48 Å². The van der Waals surface area contributed by atoms with E-state index in [1.807, 2.05) is 0 Å². The number of carbonyl (C=O) groups is 2. The van der Waals surface area contributed by atoms with Gasteiger partial charge in [-0.25, -0.2) is 4.79 Å². The first-order chi connectivity index (χ1) is 11.0. The third kappa shape index (κ3) is 3.78. The van der Waals surface area contributed by atoms with E-state index in [9.17, 15) is 9.59 Å². The predicted molar refractivity (Wildman–Crippen MR) is 81.6 cm³/mol. The number of methoxy groups -OCH3 is 1. The topological polar surface area (TPSA) is 98.4 Å². The molecule has 8 heteroatoms. The SMILES string of the molecule is CNC(C(=O)NCc1cc(C(=O)OC)c(C)o1)c1cnn(C)c1. The van der Waals surface area contributed by atoms with Gasteiger partial charge in [-0.2, -0.15) is 5.10 Å². The van der Waals surface area contributed by atoms with Crippen molar-refractivity contribution in [3.05, 3.63) is 41.1 Å². The largest absolute Gasteiger partial charge is 0.465 e. The van der Waals surface area contributed by atoms with Crippen LogP contribution >= 0.6 is 0 Å². The fourth-order valence-corrected chi connectivity index (χ4v) is 2.26. The molecule has 124 valence electrons. The molecule has 0 fully saturated rings. The summed E-state index contributed by atoms with van der Waals surface area (Å²) in [6.45, 7) is 1.85. The Labute approximate surface area is 133 Å². The smallest absolute Gasteiger partial charge is 0.341 e. The van der Waals surface area contributed by atoms with Crippen LogP contribution in [0.3, 0.4) is 0 Å². The molecule has 23 heavy (non-hydrogen) atoms. The summed E-state index contributed by atoms with van der Waals surface area (Å²) in [6.07, 6.45) is 3.40. The molecule has 2 aromatic heterocycles. The second-order valence-electron chi connectivity index (χ2n) is 5.06. The molecule has 8 nitrogen and oxygen atoms in total. The van der Waals surface area contributed by atoms with E-state index in [2.05, 4.69) is 20.5 Å². The first kappa shape index (κ1) is 16.8. The highest BCUT2D eigenvalue weighted by Crippen LogP contribution is 2.16. The van der Waals surface area contributed by atoms with Crippen molar-refractivity contribution in [3.8, 4) is 0 Å². The second kappa shape index (κ2) is 7.10. The maximum atomic E-state index is 12.3. The number of aromatic nitrogens is 2. The highest BCUT2D eigenvalue weighted by atomic mass is 16.5. The van der Waals surface area contributed by atoms with Gasteiger partial charge in [-0.1, -0.05) is 0 Å². The number of ether oxygens (including phenoxy) is 1. The normalized spacial score (nSPS) is 12.0. The summed E-state index contributed by atoms with van der Waals surface area (Å²) in [4.78, 5) is 23.8. The van der Waals surface area contributed by atoms with Crippen LogP contribution in [0.25, 0.3) is 0 Å². The maximum absolute atomic E-state index is 12.3. The van der Waals surface area contributed by atoms with Crippen molar-refractivity contribution in [3.63, 3.8) is 0 Å². The number of aryl methyl sites for hydroxylation is 2. The zero-order valence-electron chi connectivity index (χ0n) is 13.5. The zero-order chi connectivity index (χ0) is 17.0. The van der Waals surface area contributed by atoms with E-state index in [0.717, 1.165) is 5.56 Å². The standard InChI is InChI=1S/C15H20N4O4/c1-9-12(15(21)22-4)5-11(23-9)7-17-14(20)13(16-2)10-6-18-19(3)8-10/h5-6,8,13,16H,7H2,1-4H3,(H,17,20). The quantitative estimate of drug-likeness (QED) is 0.760. The van der Waals surface area contributed by atoms with Crippen LogP contribution < -0.4 is 10.6 Å². The highest BCUT2D eigenvalue weighted by molar-refractivity contribution is 5.90. The van der Waals surface area contributed by atoms with Crippen LogP contribution in [0.5, 0.6) is 0 Å². The number of amides is 1. The van der Waals surface area contributed by atoms with Crippen molar-refractivity contribution in [2.75, 3.05) is 14.2 Å². The van der Waals surface area contributed by atoms with Crippen LogP contribution in [-0.2, 0) is 23.1 Å². The number of rotatable bonds is 6. The molecule has 0 bridgehead atoms. The van der Waals surface area contributed by atoms with Gasteiger partial charge in [0.2, 0.25) is 5.91 Å². The monoisotopic (exact) mass is 320 g/mol. The lowest BCUT2D eigenvalue weighted by atomic mass is 10.1. The Morgan fingerprint density at radius 3 is 2.78 bits per heavy atom. The molecule has 2 N–H and O–H groups in total. The zero-order valence-corrected chi connectivity index (χ0v) is 13.5. The number of likely N-dealkylation sites (N-methyl/N-ethyl adjacent to an activating group) is 1. The van der Waals surface area contributed by atoms with Crippen molar-refractivity contribution in [2.24, 2.45) is 7.05 Å². The van der Waals surface area contributed by atoms with E-state index in [1.54, 1.807) is 44.2 Å². The molecule has 1 amide bonds. The van der Waals surface area contributed by atoms with Gasteiger partial charge in [0.05, 0.1) is 19.9 Å². The van der Waals surface area contributed by atoms with Gasteiger partial charge in [0.15, 0.2) is 0 Å². The molecule has 0 aliphatic carbocycles. The molecule has 0 saturated carbocycles. The van der Waals surface area contributed by atoms with Crippen molar-refractivity contribution >= 4 is 11.9 Å². The van der Waals surface area contributed by atoms with E-state index >= 15 is 0 Å². The summed E-state index contributed by atoms with van der Waals surface area (Å²) in [5.41, 5.74) is 1.12. The van der Waals surface area contributed by atoms with Crippen molar-refractivity contribution in [2.45, 2.75) is 19.5 Å². The molecule has 0 radical (unpaired) electrons. The average molecular weight is 320 g/mol. The van der Waals surface area contributed by atoms with E-state index in [-0.39, 0.29) is 12.5 Å². The summed E-state index contributed by atoms with van der Waals surface area (Å²) < 4.78 is 11.8. The van der Waals surface area contributed by atoms with Gasteiger partial charge in [0.25, 0.3) is 0 Å². The minimum Gasteiger partial charge on any atom is -0.465 e. The Bertz CT molecular complexity index is 704. The Balaban J connectivity index is 2.02. The molecule has 0 saturated heterocycles. The summed E-state index contributed by atoms with van der Waals surface area (Å²) in [7, 11) is 4.79. The number of esters is 1. The van der Waals surface area contributed by atoms with Gasteiger partial charge in [-0.05, 0) is 20.0 Å². The fraction of sp³-hybridized carbons (Fsp3) is 0.400. The average Bonchev–Trinajstić information content (AvgIpc) is 3.11. The number of carbonyl (C=O) groups excluding carboxylic acids is 2. The lowest BCUT2D eigenvalue weighted by Gasteiger charge is -2.13. The van der Waals surface area contributed by atoms with Crippen LogP contribution in [0.1, 0.15) is 33.5 Å². The van der Waals surface area contributed by atoms with Crippen molar-refractivity contribution < 1.29 is 18.7 Å². The first-order valence-electron chi connectivity index (χ1n) is 7.07. The molecule has 2 aromatic rings. The molecule has 0 spiro atoms. The minimum atomic E-state index is -0.514. The van der Waals surface area contributed by atoms with Crippen LogP contribution in [-0.4, -0.2) is 35.8 Å². The minimum absolute atomic E-state index is 0.176. The van der Waals surface area contributed by atoms with Crippen LogP contribution in [0, 0.1) is 6.92 Å². The van der Waals surface area contributed by atoms with Crippen molar-refractivity contribution in [1.29, 1.82) is 0 Å². The van der Waals surface area contributed by atoms with Crippen molar-refractivity contribution in [1.82, 2.24) is 20.4 Å². The Morgan fingerprint density at radius 2 is 2.22 bits per heavy atom. The summed E-state index contributed by atoms with van der Waals surface area (Å²) in [5.74, 6) is 0.261. The summed E-state index contributed by atoms with van der Waals surface area (Å²) in [6, 6.07) is 1.06. The molecule has 2 rings (SSSR count). The highest BCUT2D eigenvalue weighted by Gasteiger charge is 2.21. The molecular weight excluding hydrogens is 300 g/mol. The number of hydrogen-bond acceptors (Lipinski definition) is 6. The van der Waals surface area contributed by atoms with Gasteiger partial charge >= 0.3 is 5.97 Å². The molecule has 1 unspecified atom stereocenters. The molecule has 0 aliphatic heterocycles. The van der Waals surface area contributed by atoms with E-state index < -0.39 is 12.0 Å². The van der Waals surface area contributed by atoms with E-state index in [1.165, 1.54) is 7.11 Å².